The number of methoxy groups -OCH3 is 1. The molecule has 1 aromatic rings. The van der Waals surface area contributed by atoms with Gasteiger partial charge in [0.25, 0.3) is 0 Å². The van der Waals surface area contributed by atoms with Crippen molar-refractivity contribution in [2.45, 2.75) is 33.2 Å². The molecule has 0 saturated carbocycles. The number of aromatic nitrogens is 1. The van der Waals surface area contributed by atoms with Crippen LogP contribution in [0.15, 0.2) is 23.3 Å². The molecule has 0 aliphatic carbocycles. The molecule has 0 aliphatic rings. The minimum Gasteiger partial charge on any atom is -0.481 e. The highest BCUT2D eigenvalue weighted by molar-refractivity contribution is 5.79. The van der Waals surface area contributed by atoms with E-state index in [9.17, 15) is 0 Å². The smallest absolute Gasteiger partial charge is 0.218 e. The zero-order valence-electron chi connectivity index (χ0n) is 12.9. The van der Waals surface area contributed by atoms with Crippen molar-refractivity contribution < 1.29 is 4.74 Å². The third-order valence-corrected chi connectivity index (χ3v) is 2.96. The number of ether oxygens (including phenoxy) is 1. The molecule has 1 rings (SSSR count). The molecule has 112 valence electrons. The quantitative estimate of drug-likeness (QED) is 0.456. The molecule has 0 bridgehead atoms. The Hall–Kier alpha value is -1.78. The summed E-state index contributed by atoms with van der Waals surface area (Å²) in [6.07, 6.45) is 4.09. The summed E-state index contributed by atoms with van der Waals surface area (Å²) in [5, 5.41) is 6.58. The molecule has 0 radical (unpaired) electrons. The Labute approximate surface area is 121 Å². The van der Waals surface area contributed by atoms with Crippen molar-refractivity contribution in [2.75, 3.05) is 20.7 Å². The Kier molecular flexibility index (Phi) is 7.47. The zero-order valence-corrected chi connectivity index (χ0v) is 12.9. The number of guanidine groups is 1. The number of aliphatic imine (C=N–C) groups is 1. The predicted octanol–water partition coefficient (Wildman–Crippen LogP) is 2.19. The minimum absolute atomic E-state index is 0.640. The van der Waals surface area contributed by atoms with Gasteiger partial charge in [-0.3, -0.25) is 4.99 Å². The van der Waals surface area contributed by atoms with Gasteiger partial charge in [-0.25, -0.2) is 4.98 Å². The maximum absolute atomic E-state index is 5.22. The van der Waals surface area contributed by atoms with E-state index >= 15 is 0 Å². The van der Waals surface area contributed by atoms with Crippen molar-refractivity contribution in [3.63, 3.8) is 0 Å². The van der Waals surface area contributed by atoms with Crippen LogP contribution in [0.5, 0.6) is 5.88 Å². The number of rotatable bonds is 7. The van der Waals surface area contributed by atoms with Gasteiger partial charge in [-0.1, -0.05) is 19.9 Å². The van der Waals surface area contributed by atoms with Crippen LogP contribution in [0.3, 0.4) is 0 Å². The summed E-state index contributed by atoms with van der Waals surface area (Å²) in [6.45, 7) is 6.05. The van der Waals surface area contributed by atoms with E-state index in [4.69, 9.17) is 4.74 Å². The van der Waals surface area contributed by atoms with Crippen molar-refractivity contribution in [3.05, 3.63) is 23.9 Å². The molecule has 0 saturated heterocycles. The second-order valence-corrected chi connectivity index (χ2v) is 5.06. The molecule has 0 amide bonds. The summed E-state index contributed by atoms with van der Waals surface area (Å²) >= 11 is 0. The zero-order chi connectivity index (χ0) is 14.8. The largest absolute Gasteiger partial charge is 0.481 e. The van der Waals surface area contributed by atoms with Crippen molar-refractivity contribution >= 4 is 5.96 Å². The van der Waals surface area contributed by atoms with E-state index in [0.717, 1.165) is 30.4 Å². The van der Waals surface area contributed by atoms with Crippen LogP contribution in [0.25, 0.3) is 0 Å². The highest BCUT2D eigenvalue weighted by Gasteiger charge is 2.04. The van der Waals surface area contributed by atoms with Crippen LogP contribution in [0, 0.1) is 5.92 Å². The first-order valence-corrected chi connectivity index (χ1v) is 7.09. The van der Waals surface area contributed by atoms with Crippen molar-refractivity contribution in [1.29, 1.82) is 0 Å². The number of nitrogens with one attached hydrogen (secondary N) is 2. The fourth-order valence-electron chi connectivity index (χ4n) is 1.86. The summed E-state index contributed by atoms with van der Waals surface area (Å²) in [5.74, 6) is 2.20. The number of hydrogen-bond acceptors (Lipinski definition) is 3. The molecule has 1 heterocycles. The van der Waals surface area contributed by atoms with Gasteiger partial charge in [0.1, 0.15) is 0 Å². The van der Waals surface area contributed by atoms with E-state index in [1.165, 1.54) is 6.42 Å². The lowest BCUT2D eigenvalue weighted by Gasteiger charge is -2.13. The fourth-order valence-corrected chi connectivity index (χ4v) is 1.86. The highest BCUT2D eigenvalue weighted by atomic mass is 16.5. The number of pyridine rings is 1. The molecule has 0 unspecified atom stereocenters. The van der Waals surface area contributed by atoms with Crippen LogP contribution in [-0.4, -0.2) is 31.6 Å². The van der Waals surface area contributed by atoms with Crippen molar-refractivity contribution in [1.82, 2.24) is 15.6 Å². The average molecular weight is 278 g/mol. The van der Waals surface area contributed by atoms with E-state index in [-0.39, 0.29) is 0 Å². The van der Waals surface area contributed by atoms with E-state index in [2.05, 4.69) is 34.5 Å². The van der Waals surface area contributed by atoms with Crippen molar-refractivity contribution in [2.24, 2.45) is 10.9 Å². The van der Waals surface area contributed by atoms with Crippen LogP contribution in [0.4, 0.5) is 0 Å². The first-order chi connectivity index (χ1) is 9.67. The third kappa shape index (κ3) is 5.91. The molecule has 0 aromatic carbocycles. The summed E-state index contributed by atoms with van der Waals surface area (Å²) in [6, 6.07) is 3.89. The first kappa shape index (κ1) is 16.3. The van der Waals surface area contributed by atoms with Crippen LogP contribution in [-0.2, 0) is 6.54 Å². The SMILES string of the molecule is CN=C(NCCCC(C)C)NCc1cccnc1OC. The summed E-state index contributed by atoms with van der Waals surface area (Å²) in [4.78, 5) is 8.38. The standard InChI is InChI=1S/C15H26N4O/c1-12(2)7-5-10-18-15(16-3)19-11-13-8-6-9-17-14(13)20-4/h6,8-9,12H,5,7,10-11H2,1-4H3,(H2,16,18,19). The maximum Gasteiger partial charge on any atom is 0.218 e. The van der Waals surface area contributed by atoms with E-state index < -0.39 is 0 Å². The second-order valence-electron chi connectivity index (χ2n) is 5.06. The number of nitrogens with zero attached hydrogens (tertiary/aromatic N) is 2. The molecule has 0 atom stereocenters. The normalized spacial score (nSPS) is 11.6. The molecular formula is C15H26N4O. The van der Waals surface area contributed by atoms with E-state index in [1.807, 2.05) is 12.1 Å². The minimum atomic E-state index is 0.640. The Morgan fingerprint density at radius 3 is 2.85 bits per heavy atom. The highest BCUT2D eigenvalue weighted by Crippen LogP contribution is 2.12. The monoisotopic (exact) mass is 278 g/mol. The molecule has 1 aromatic heterocycles. The maximum atomic E-state index is 5.22. The fraction of sp³-hybridized carbons (Fsp3) is 0.600. The van der Waals surface area contributed by atoms with E-state index in [0.29, 0.717) is 12.4 Å². The van der Waals surface area contributed by atoms with Gasteiger partial charge < -0.3 is 15.4 Å². The summed E-state index contributed by atoms with van der Waals surface area (Å²) < 4.78 is 5.22. The predicted molar refractivity (Wildman–Crippen MR) is 83.1 cm³/mol. The molecule has 2 N–H and O–H groups in total. The topological polar surface area (TPSA) is 58.5 Å². The molecular weight excluding hydrogens is 252 g/mol. The second kappa shape index (κ2) is 9.18. The third-order valence-electron chi connectivity index (χ3n) is 2.96. The van der Waals surface area contributed by atoms with Gasteiger partial charge >= 0.3 is 0 Å². The van der Waals surface area contributed by atoms with Crippen LogP contribution in [0.1, 0.15) is 32.3 Å². The molecule has 0 spiro atoms. The molecule has 0 fully saturated rings. The van der Waals surface area contributed by atoms with Crippen LogP contribution in [0.2, 0.25) is 0 Å². The summed E-state index contributed by atoms with van der Waals surface area (Å²) in [5.41, 5.74) is 1.01. The van der Waals surface area contributed by atoms with Gasteiger partial charge in [0.15, 0.2) is 5.96 Å². The lowest BCUT2D eigenvalue weighted by Crippen LogP contribution is -2.37. The van der Waals surface area contributed by atoms with E-state index in [1.54, 1.807) is 20.4 Å². The van der Waals surface area contributed by atoms with Gasteiger partial charge in [-0.05, 0) is 24.8 Å². The Balaban J connectivity index is 2.38. The van der Waals surface area contributed by atoms with Crippen LogP contribution >= 0.6 is 0 Å². The average Bonchev–Trinajstić information content (AvgIpc) is 2.46. The van der Waals surface area contributed by atoms with Crippen LogP contribution < -0.4 is 15.4 Å². The van der Waals surface area contributed by atoms with Gasteiger partial charge in [0, 0.05) is 31.9 Å². The van der Waals surface area contributed by atoms with Gasteiger partial charge in [0.05, 0.1) is 7.11 Å². The van der Waals surface area contributed by atoms with Gasteiger partial charge in [0.2, 0.25) is 5.88 Å². The Bertz CT molecular complexity index is 418. The van der Waals surface area contributed by atoms with Gasteiger partial charge in [-0.2, -0.15) is 0 Å². The molecule has 20 heavy (non-hydrogen) atoms. The Morgan fingerprint density at radius 1 is 1.40 bits per heavy atom. The lowest BCUT2D eigenvalue weighted by molar-refractivity contribution is 0.392. The first-order valence-electron chi connectivity index (χ1n) is 7.09. The number of hydrogen-bond donors (Lipinski definition) is 2. The van der Waals surface area contributed by atoms with Crippen molar-refractivity contribution in [3.8, 4) is 5.88 Å². The van der Waals surface area contributed by atoms with Gasteiger partial charge in [-0.15, -0.1) is 0 Å². The summed E-state index contributed by atoms with van der Waals surface area (Å²) in [7, 11) is 3.41. The molecule has 5 heteroatoms. The Morgan fingerprint density at radius 2 is 2.20 bits per heavy atom. The molecule has 5 nitrogen and oxygen atoms in total. The molecule has 0 aliphatic heterocycles. The lowest BCUT2D eigenvalue weighted by atomic mass is 10.1.